The van der Waals surface area contributed by atoms with E-state index in [1.807, 2.05) is 0 Å². The Bertz CT molecular complexity index is 544. The highest BCUT2D eigenvalue weighted by Gasteiger charge is 2.44. The average Bonchev–Trinajstić information content (AvgIpc) is 2.49. The molecule has 0 saturated carbocycles. The van der Waals surface area contributed by atoms with E-state index in [4.69, 9.17) is 14.6 Å². The van der Waals surface area contributed by atoms with E-state index in [-0.39, 0.29) is 22.8 Å². The molecule has 5 N–H and O–H groups in total. The van der Waals surface area contributed by atoms with E-state index in [1.54, 1.807) is 0 Å². The summed E-state index contributed by atoms with van der Waals surface area (Å²) >= 11 is 0. The number of aliphatic hydroxyl groups excluding tert-OH is 4. The summed E-state index contributed by atoms with van der Waals surface area (Å²) in [6, 6.07) is 3.79. The molecule has 1 fully saturated rings. The van der Waals surface area contributed by atoms with Crippen LogP contribution >= 0.6 is 0 Å². The van der Waals surface area contributed by atoms with Crippen LogP contribution in [-0.2, 0) is 4.74 Å². The Balaban J connectivity index is 2.24. The smallest absolute Gasteiger partial charge is 0.229 e. The van der Waals surface area contributed by atoms with Crippen LogP contribution in [0, 0.1) is 0 Å². The minimum absolute atomic E-state index is 0.0367. The van der Waals surface area contributed by atoms with Crippen molar-refractivity contribution in [3.63, 3.8) is 0 Å². The van der Waals surface area contributed by atoms with Crippen molar-refractivity contribution in [1.82, 2.24) is 0 Å². The van der Waals surface area contributed by atoms with Crippen molar-refractivity contribution in [3.8, 4) is 11.5 Å². The molecule has 8 nitrogen and oxygen atoms in total. The number of aromatic hydroxyl groups is 1. The molecule has 22 heavy (non-hydrogen) atoms. The van der Waals surface area contributed by atoms with Crippen LogP contribution in [0.25, 0.3) is 0 Å². The molecule has 1 heterocycles. The average molecular weight is 314 g/mol. The number of aliphatic hydroxyl groups is 4. The van der Waals surface area contributed by atoms with Gasteiger partial charge >= 0.3 is 0 Å². The lowest BCUT2D eigenvalue weighted by atomic mass is 9.99. The SMILES string of the molecule is CC(=O)c1cc(O)ccc1OC1OC(CO)C(O)C(O)C1O. The lowest BCUT2D eigenvalue weighted by Gasteiger charge is -2.39. The van der Waals surface area contributed by atoms with Crippen molar-refractivity contribution in [2.75, 3.05) is 6.61 Å². The Labute approximate surface area is 126 Å². The molecule has 1 aromatic rings. The van der Waals surface area contributed by atoms with Gasteiger partial charge in [-0.3, -0.25) is 4.79 Å². The third-order valence-electron chi connectivity index (χ3n) is 3.43. The second kappa shape index (κ2) is 6.59. The molecule has 0 radical (unpaired) electrons. The van der Waals surface area contributed by atoms with Gasteiger partial charge in [-0.15, -0.1) is 0 Å². The third-order valence-corrected chi connectivity index (χ3v) is 3.43. The van der Waals surface area contributed by atoms with E-state index >= 15 is 0 Å². The van der Waals surface area contributed by atoms with Crippen LogP contribution in [0.5, 0.6) is 11.5 Å². The van der Waals surface area contributed by atoms with Gasteiger partial charge in [0.15, 0.2) is 5.78 Å². The summed E-state index contributed by atoms with van der Waals surface area (Å²) < 4.78 is 10.6. The number of hydrogen-bond donors (Lipinski definition) is 5. The first-order valence-corrected chi connectivity index (χ1v) is 6.66. The van der Waals surface area contributed by atoms with Gasteiger partial charge in [0.25, 0.3) is 0 Å². The van der Waals surface area contributed by atoms with Crippen molar-refractivity contribution < 1.29 is 39.8 Å². The van der Waals surface area contributed by atoms with Crippen LogP contribution in [-0.4, -0.2) is 68.6 Å². The van der Waals surface area contributed by atoms with Crippen molar-refractivity contribution >= 4 is 5.78 Å². The molecule has 0 amide bonds. The minimum atomic E-state index is -1.58. The molecule has 0 aromatic heterocycles. The monoisotopic (exact) mass is 314 g/mol. The van der Waals surface area contributed by atoms with E-state index in [0.717, 1.165) is 0 Å². The van der Waals surface area contributed by atoms with Gasteiger partial charge in [0.2, 0.25) is 6.29 Å². The van der Waals surface area contributed by atoms with Gasteiger partial charge in [0.1, 0.15) is 35.9 Å². The molecule has 5 unspecified atom stereocenters. The van der Waals surface area contributed by atoms with Gasteiger partial charge in [-0.05, 0) is 25.1 Å². The van der Waals surface area contributed by atoms with E-state index in [9.17, 15) is 25.2 Å². The predicted octanol–water partition coefficient (Wildman–Crippen LogP) is -1.23. The molecular weight excluding hydrogens is 296 g/mol. The number of rotatable bonds is 4. The van der Waals surface area contributed by atoms with E-state index in [2.05, 4.69) is 0 Å². The van der Waals surface area contributed by atoms with Crippen LogP contribution in [0.2, 0.25) is 0 Å². The standard InChI is InChI=1S/C14H18O8/c1-6(16)8-4-7(17)2-3-9(8)21-14-13(20)12(19)11(18)10(5-15)22-14/h2-4,10-15,17-20H,5H2,1H3. The van der Waals surface area contributed by atoms with Gasteiger partial charge in [-0.2, -0.15) is 0 Å². The first-order chi connectivity index (χ1) is 10.3. The molecule has 8 heteroatoms. The topological polar surface area (TPSA) is 137 Å². The molecule has 0 bridgehead atoms. The molecule has 5 atom stereocenters. The summed E-state index contributed by atoms with van der Waals surface area (Å²) in [5.41, 5.74) is 0.0666. The zero-order valence-corrected chi connectivity index (χ0v) is 11.8. The summed E-state index contributed by atoms with van der Waals surface area (Å²) in [4.78, 5) is 11.6. The minimum Gasteiger partial charge on any atom is -0.508 e. The Morgan fingerprint density at radius 1 is 1.23 bits per heavy atom. The van der Waals surface area contributed by atoms with Gasteiger partial charge in [-0.25, -0.2) is 0 Å². The molecule has 0 aliphatic carbocycles. The zero-order chi connectivity index (χ0) is 16.4. The number of ketones is 1. The predicted molar refractivity (Wildman–Crippen MR) is 72.5 cm³/mol. The second-order valence-electron chi connectivity index (χ2n) is 5.05. The lowest BCUT2D eigenvalue weighted by Crippen LogP contribution is -2.60. The highest BCUT2D eigenvalue weighted by Crippen LogP contribution is 2.28. The number of benzene rings is 1. The summed E-state index contributed by atoms with van der Waals surface area (Å²) in [5.74, 6) is -0.475. The van der Waals surface area contributed by atoms with E-state index in [1.165, 1.54) is 25.1 Å². The summed E-state index contributed by atoms with van der Waals surface area (Å²) in [6.07, 6.45) is -7.15. The number of phenols is 1. The molecule has 1 saturated heterocycles. The molecule has 1 aromatic carbocycles. The van der Waals surface area contributed by atoms with Crippen molar-refractivity contribution in [2.24, 2.45) is 0 Å². The maximum atomic E-state index is 11.6. The lowest BCUT2D eigenvalue weighted by molar-refractivity contribution is -0.277. The zero-order valence-electron chi connectivity index (χ0n) is 11.8. The number of carbonyl (C=O) groups is 1. The van der Waals surface area contributed by atoms with Gasteiger partial charge in [-0.1, -0.05) is 0 Å². The van der Waals surface area contributed by atoms with Crippen LogP contribution in [0.1, 0.15) is 17.3 Å². The van der Waals surface area contributed by atoms with Crippen LogP contribution in [0.4, 0.5) is 0 Å². The molecule has 1 aliphatic heterocycles. The van der Waals surface area contributed by atoms with Crippen molar-refractivity contribution in [3.05, 3.63) is 23.8 Å². The van der Waals surface area contributed by atoms with E-state index in [0.29, 0.717) is 0 Å². The number of Topliss-reactive ketones (excluding diaryl/α,β-unsaturated/α-hetero) is 1. The van der Waals surface area contributed by atoms with Crippen molar-refractivity contribution in [1.29, 1.82) is 0 Å². The van der Waals surface area contributed by atoms with Gasteiger partial charge in [0, 0.05) is 0 Å². The van der Waals surface area contributed by atoms with Crippen LogP contribution in [0.15, 0.2) is 18.2 Å². The third kappa shape index (κ3) is 3.21. The largest absolute Gasteiger partial charge is 0.508 e. The molecule has 0 spiro atoms. The fourth-order valence-corrected chi connectivity index (χ4v) is 2.19. The maximum Gasteiger partial charge on any atom is 0.229 e. The van der Waals surface area contributed by atoms with Gasteiger partial charge in [0.05, 0.1) is 12.2 Å². The number of phenolic OH excluding ortho intramolecular Hbond substituents is 1. The van der Waals surface area contributed by atoms with Crippen LogP contribution in [0.3, 0.4) is 0 Å². The first-order valence-electron chi connectivity index (χ1n) is 6.66. The summed E-state index contributed by atoms with van der Waals surface area (Å²) in [7, 11) is 0. The summed E-state index contributed by atoms with van der Waals surface area (Å²) in [6.45, 7) is 0.689. The van der Waals surface area contributed by atoms with Gasteiger partial charge < -0.3 is 35.0 Å². The van der Waals surface area contributed by atoms with Crippen molar-refractivity contribution in [2.45, 2.75) is 37.6 Å². The second-order valence-corrected chi connectivity index (χ2v) is 5.05. The number of ether oxygens (including phenoxy) is 2. The van der Waals surface area contributed by atoms with E-state index < -0.39 is 37.3 Å². The quantitative estimate of drug-likeness (QED) is 0.436. The maximum absolute atomic E-state index is 11.6. The highest BCUT2D eigenvalue weighted by molar-refractivity contribution is 5.97. The van der Waals surface area contributed by atoms with Crippen LogP contribution < -0.4 is 4.74 Å². The molecule has 122 valence electrons. The first kappa shape index (κ1) is 16.7. The molecular formula is C14H18O8. The number of carbonyl (C=O) groups excluding carboxylic acids is 1. The molecule has 2 rings (SSSR count). The summed E-state index contributed by atoms with van der Waals surface area (Å²) in [5, 5.41) is 47.8. The highest BCUT2D eigenvalue weighted by atomic mass is 16.7. The Kier molecular flexibility index (Phi) is 4.99. The fraction of sp³-hybridized carbons (Fsp3) is 0.500. The Morgan fingerprint density at radius 2 is 1.91 bits per heavy atom. The number of hydrogen-bond acceptors (Lipinski definition) is 8. The Morgan fingerprint density at radius 3 is 2.50 bits per heavy atom. The Hall–Kier alpha value is -1.71. The molecule has 1 aliphatic rings. The normalized spacial score (nSPS) is 31.8. The fourth-order valence-electron chi connectivity index (χ4n) is 2.19.